The van der Waals surface area contributed by atoms with Crippen molar-refractivity contribution in [2.45, 2.75) is 19.1 Å². The molecule has 4 heteroatoms. The number of ether oxygens (including phenoxy) is 1. The average Bonchev–Trinajstić information content (AvgIpc) is 2.22. The zero-order valence-corrected chi connectivity index (χ0v) is 8.47. The van der Waals surface area contributed by atoms with Gasteiger partial charge in [0.15, 0.2) is 11.6 Å². The van der Waals surface area contributed by atoms with Crippen molar-refractivity contribution in [2.24, 2.45) is 0 Å². The number of hydrogen-bond acceptors (Lipinski definition) is 2. The molecule has 0 bridgehead atoms. The topological polar surface area (TPSA) is 21.3 Å². The van der Waals surface area contributed by atoms with Crippen LogP contribution in [0.5, 0.6) is 0 Å². The van der Waals surface area contributed by atoms with E-state index in [4.69, 9.17) is 4.74 Å². The van der Waals surface area contributed by atoms with E-state index >= 15 is 0 Å². The minimum Gasteiger partial charge on any atom is -0.368 e. The summed E-state index contributed by atoms with van der Waals surface area (Å²) in [5, 5.41) is 3.12. The molecule has 2 nitrogen and oxygen atoms in total. The van der Waals surface area contributed by atoms with Gasteiger partial charge in [-0.3, -0.25) is 0 Å². The van der Waals surface area contributed by atoms with E-state index in [2.05, 4.69) is 5.32 Å². The lowest BCUT2D eigenvalue weighted by atomic mass is 10.1. The van der Waals surface area contributed by atoms with Gasteiger partial charge in [0.2, 0.25) is 0 Å². The maximum atomic E-state index is 13.4. The molecule has 0 spiro atoms. The molecule has 0 saturated carbocycles. The van der Waals surface area contributed by atoms with Crippen LogP contribution >= 0.6 is 0 Å². The summed E-state index contributed by atoms with van der Waals surface area (Å²) in [6, 6.07) is 4.16. The zero-order valence-electron chi connectivity index (χ0n) is 8.47. The van der Waals surface area contributed by atoms with E-state index in [1.807, 2.05) is 6.92 Å². The quantitative estimate of drug-likeness (QED) is 0.770. The molecule has 1 N–H and O–H groups in total. The monoisotopic (exact) mass is 213 g/mol. The highest BCUT2D eigenvalue weighted by Gasteiger charge is 2.24. The average molecular weight is 213 g/mol. The summed E-state index contributed by atoms with van der Waals surface area (Å²) < 4.78 is 31.9. The van der Waals surface area contributed by atoms with Crippen LogP contribution in [0.25, 0.3) is 0 Å². The molecular weight excluding hydrogens is 200 g/mol. The summed E-state index contributed by atoms with van der Waals surface area (Å²) in [6.07, 6.45) is -0.379. The first kappa shape index (κ1) is 10.5. The third kappa shape index (κ3) is 2.16. The molecule has 1 aliphatic heterocycles. The first-order chi connectivity index (χ1) is 7.18. The van der Waals surface area contributed by atoms with Gasteiger partial charge in [-0.15, -0.1) is 0 Å². The maximum absolute atomic E-state index is 13.4. The summed E-state index contributed by atoms with van der Waals surface area (Å²) in [6.45, 7) is 3.16. The predicted octanol–water partition coefficient (Wildman–Crippen LogP) is 2.01. The molecule has 1 heterocycles. The number of benzene rings is 1. The Morgan fingerprint density at radius 2 is 2.13 bits per heavy atom. The van der Waals surface area contributed by atoms with Crippen LogP contribution in [0, 0.1) is 11.6 Å². The van der Waals surface area contributed by atoms with Crippen molar-refractivity contribution >= 4 is 0 Å². The molecule has 1 fully saturated rings. The lowest BCUT2D eigenvalue weighted by Crippen LogP contribution is -2.39. The van der Waals surface area contributed by atoms with E-state index in [1.165, 1.54) is 6.07 Å². The van der Waals surface area contributed by atoms with E-state index in [-0.39, 0.29) is 11.7 Å². The van der Waals surface area contributed by atoms with Gasteiger partial charge in [0.25, 0.3) is 0 Å². The first-order valence-corrected chi connectivity index (χ1v) is 4.98. The van der Waals surface area contributed by atoms with E-state index in [1.54, 1.807) is 6.07 Å². The van der Waals surface area contributed by atoms with Gasteiger partial charge in [0, 0.05) is 18.7 Å². The Bertz CT molecular complexity index is 356. The van der Waals surface area contributed by atoms with Crippen LogP contribution in [0.2, 0.25) is 0 Å². The second-order valence-electron chi connectivity index (χ2n) is 3.74. The third-order valence-electron chi connectivity index (χ3n) is 2.49. The van der Waals surface area contributed by atoms with E-state index in [9.17, 15) is 8.78 Å². The Morgan fingerprint density at radius 1 is 1.33 bits per heavy atom. The zero-order chi connectivity index (χ0) is 10.8. The van der Waals surface area contributed by atoms with Crippen LogP contribution in [0.15, 0.2) is 18.2 Å². The Hall–Kier alpha value is -1.00. The molecule has 0 radical (unpaired) electrons. The summed E-state index contributed by atoms with van der Waals surface area (Å²) in [7, 11) is 0. The van der Waals surface area contributed by atoms with Gasteiger partial charge in [-0.2, -0.15) is 0 Å². The fourth-order valence-corrected chi connectivity index (χ4v) is 1.75. The molecule has 0 aromatic heterocycles. The van der Waals surface area contributed by atoms with Gasteiger partial charge < -0.3 is 10.1 Å². The van der Waals surface area contributed by atoms with Crippen molar-refractivity contribution < 1.29 is 13.5 Å². The van der Waals surface area contributed by atoms with Crippen molar-refractivity contribution in [1.82, 2.24) is 5.32 Å². The minimum atomic E-state index is -0.825. The smallest absolute Gasteiger partial charge is 0.164 e. The third-order valence-corrected chi connectivity index (χ3v) is 2.49. The molecule has 2 atom stereocenters. The number of rotatable bonds is 1. The van der Waals surface area contributed by atoms with Crippen LogP contribution in [-0.2, 0) is 4.74 Å². The fourth-order valence-electron chi connectivity index (χ4n) is 1.75. The lowest BCUT2D eigenvalue weighted by Gasteiger charge is -2.29. The highest BCUT2D eigenvalue weighted by Crippen LogP contribution is 2.24. The molecule has 1 aromatic carbocycles. The molecule has 1 saturated heterocycles. The SMILES string of the molecule is CC1CNCC(c2cccc(F)c2F)O1. The Kier molecular flexibility index (Phi) is 2.98. The maximum Gasteiger partial charge on any atom is 0.164 e. The molecule has 0 amide bonds. The van der Waals surface area contributed by atoms with Crippen LogP contribution in [-0.4, -0.2) is 19.2 Å². The number of nitrogens with one attached hydrogen (secondary N) is 1. The molecule has 0 aliphatic carbocycles. The largest absolute Gasteiger partial charge is 0.368 e. The predicted molar refractivity (Wildman–Crippen MR) is 52.5 cm³/mol. The van der Waals surface area contributed by atoms with Crippen molar-refractivity contribution in [2.75, 3.05) is 13.1 Å². The molecule has 82 valence electrons. The highest BCUT2D eigenvalue weighted by molar-refractivity contribution is 5.22. The molecule has 1 aliphatic rings. The van der Waals surface area contributed by atoms with Crippen molar-refractivity contribution in [3.05, 3.63) is 35.4 Å². The van der Waals surface area contributed by atoms with Gasteiger partial charge in [-0.1, -0.05) is 12.1 Å². The molecule has 2 rings (SSSR count). The van der Waals surface area contributed by atoms with Gasteiger partial charge in [0.05, 0.1) is 12.2 Å². The van der Waals surface area contributed by atoms with E-state index in [0.717, 1.165) is 12.6 Å². The van der Waals surface area contributed by atoms with Crippen LogP contribution < -0.4 is 5.32 Å². The van der Waals surface area contributed by atoms with Gasteiger partial charge in [-0.25, -0.2) is 8.78 Å². The van der Waals surface area contributed by atoms with Gasteiger partial charge in [0.1, 0.15) is 0 Å². The summed E-state index contributed by atoms with van der Waals surface area (Å²) >= 11 is 0. The second-order valence-corrected chi connectivity index (χ2v) is 3.74. The normalized spacial score (nSPS) is 26.6. The summed E-state index contributed by atoms with van der Waals surface area (Å²) in [4.78, 5) is 0. The van der Waals surface area contributed by atoms with E-state index in [0.29, 0.717) is 6.54 Å². The lowest BCUT2D eigenvalue weighted by molar-refractivity contribution is -0.0305. The fraction of sp³-hybridized carbons (Fsp3) is 0.455. The van der Waals surface area contributed by atoms with Gasteiger partial charge >= 0.3 is 0 Å². The molecular formula is C11H13F2NO. The molecule has 2 unspecified atom stereocenters. The van der Waals surface area contributed by atoms with Gasteiger partial charge in [-0.05, 0) is 13.0 Å². The summed E-state index contributed by atoms with van der Waals surface area (Å²) in [5.74, 6) is -1.63. The van der Waals surface area contributed by atoms with Crippen LogP contribution in [0.3, 0.4) is 0 Å². The Balaban J connectivity index is 2.24. The number of morpholine rings is 1. The second kappa shape index (κ2) is 4.24. The van der Waals surface area contributed by atoms with Crippen LogP contribution in [0.4, 0.5) is 8.78 Å². The number of hydrogen-bond donors (Lipinski definition) is 1. The number of halogens is 2. The first-order valence-electron chi connectivity index (χ1n) is 4.98. The summed E-state index contributed by atoms with van der Waals surface area (Å²) in [5.41, 5.74) is 0.286. The standard InChI is InChI=1S/C11H13F2NO/c1-7-5-14-6-10(15-7)8-3-2-4-9(12)11(8)13/h2-4,7,10,14H,5-6H2,1H3. The minimum absolute atomic E-state index is 0.0198. The van der Waals surface area contributed by atoms with Crippen LogP contribution in [0.1, 0.15) is 18.6 Å². The molecule has 15 heavy (non-hydrogen) atoms. The molecule has 1 aromatic rings. The Labute approximate surface area is 87.2 Å². The van der Waals surface area contributed by atoms with E-state index < -0.39 is 17.7 Å². The van der Waals surface area contributed by atoms with Crippen molar-refractivity contribution in [3.63, 3.8) is 0 Å². The highest BCUT2D eigenvalue weighted by atomic mass is 19.2. The van der Waals surface area contributed by atoms with Crippen molar-refractivity contribution in [1.29, 1.82) is 0 Å². The van der Waals surface area contributed by atoms with Crippen molar-refractivity contribution in [3.8, 4) is 0 Å². The Morgan fingerprint density at radius 3 is 2.87 bits per heavy atom.